The van der Waals surface area contributed by atoms with Gasteiger partial charge in [-0.3, -0.25) is 9.59 Å². The van der Waals surface area contributed by atoms with E-state index in [4.69, 9.17) is 18.6 Å². The first-order chi connectivity index (χ1) is 16.0. The summed E-state index contributed by atoms with van der Waals surface area (Å²) < 4.78 is 21.6. The number of anilines is 1. The molecule has 0 saturated carbocycles. The highest BCUT2D eigenvalue weighted by molar-refractivity contribution is 5.76. The van der Waals surface area contributed by atoms with Crippen LogP contribution in [0.4, 0.5) is 5.69 Å². The lowest BCUT2D eigenvalue weighted by Gasteiger charge is -2.03. The summed E-state index contributed by atoms with van der Waals surface area (Å²) in [6.07, 6.45) is 3.52. The number of hydrogen-bond donors (Lipinski definition) is 1. The van der Waals surface area contributed by atoms with Crippen LogP contribution in [0.25, 0.3) is 17.2 Å². The standard InChI is InChI=1S/C25H26N2O6/c1-3-30-24(28)11-7-16-5-9-20-18(13-16)26-22(32-20)15-23-27-19-14-17(6-10-21(19)33-23)8-12-25(29)31-4-2/h5-6,9-10,13-15,26H,3-4,7-8,11-12H2,1-2H3/b22-15+. The number of rotatable bonds is 9. The molecule has 1 aliphatic heterocycles. The molecule has 2 heterocycles. The van der Waals surface area contributed by atoms with Crippen LogP contribution in [0.5, 0.6) is 5.75 Å². The fourth-order valence-electron chi connectivity index (χ4n) is 3.54. The number of nitrogens with zero attached hydrogens (tertiary/aromatic N) is 1. The monoisotopic (exact) mass is 450 g/mol. The molecule has 8 heteroatoms. The molecular formula is C25H26N2O6. The molecule has 0 saturated heterocycles. The van der Waals surface area contributed by atoms with E-state index in [1.807, 2.05) is 36.4 Å². The second-order valence-corrected chi connectivity index (χ2v) is 7.53. The Balaban J connectivity index is 1.41. The second-order valence-electron chi connectivity index (χ2n) is 7.53. The van der Waals surface area contributed by atoms with Crippen molar-refractivity contribution in [3.05, 3.63) is 59.3 Å². The lowest BCUT2D eigenvalue weighted by Crippen LogP contribution is -2.05. The minimum Gasteiger partial charge on any atom is -0.466 e. The minimum absolute atomic E-state index is 0.206. The van der Waals surface area contributed by atoms with E-state index in [1.54, 1.807) is 19.9 Å². The van der Waals surface area contributed by atoms with Crippen LogP contribution in [0.3, 0.4) is 0 Å². The molecule has 1 aromatic heterocycles. The molecule has 33 heavy (non-hydrogen) atoms. The van der Waals surface area contributed by atoms with Gasteiger partial charge in [0, 0.05) is 12.8 Å². The van der Waals surface area contributed by atoms with Crippen LogP contribution >= 0.6 is 0 Å². The molecular weight excluding hydrogens is 424 g/mol. The summed E-state index contributed by atoms with van der Waals surface area (Å²) in [4.78, 5) is 27.7. The predicted octanol–water partition coefficient (Wildman–Crippen LogP) is 4.62. The minimum atomic E-state index is -0.212. The highest BCUT2D eigenvalue weighted by Crippen LogP contribution is 2.35. The first-order valence-electron chi connectivity index (χ1n) is 11.0. The fourth-order valence-corrected chi connectivity index (χ4v) is 3.54. The molecule has 1 N–H and O–H groups in total. The molecule has 0 bridgehead atoms. The molecule has 1 aliphatic rings. The topological polar surface area (TPSA) is 99.9 Å². The predicted molar refractivity (Wildman–Crippen MR) is 123 cm³/mol. The van der Waals surface area contributed by atoms with Crippen LogP contribution in [0, 0.1) is 0 Å². The summed E-state index contributed by atoms with van der Waals surface area (Å²) in [6, 6.07) is 11.4. The molecule has 0 atom stereocenters. The van der Waals surface area contributed by atoms with Gasteiger partial charge in [0.25, 0.3) is 0 Å². The number of fused-ring (bicyclic) bond motifs is 2. The zero-order chi connectivity index (χ0) is 23.2. The Labute approximate surface area is 191 Å². The van der Waals surface area contributed by atoms with Crippen LogP contribution in [0.1, 0.15) is 43.7 Å². The van der Waals surface area contributed by atoms with Gasteiger partial charge in [-0.15, -0.1) is 0 Å². The summed E-state index contributed by atoms with van der Waals surface area (Å²) in [5.74, 6) is 1.18. The molecule has 0 aliphatic carbocycles. The number of benzene rings is 2. The number of carbonyl (C=O) groups is 2. The van der Waals surface area contributed by atoms with Crippen molar-refractivity contribution < 1.29 is 28.2 Å². The van der Waals surface area contributed by atoms with E-state index in [2.05, 4.69) is 10.3 Å². The molecule has 8 nitrogen and oxygen atoms in total. The molecule has 0 amide bonds. The number of ether oxygens (including phenoxy) is 3. The summed E-state index contributed by atoms with van der Waals surface area (Å²) >= 11 is 0. The van der Waals surface area contributed by atoms with E-state index in [0.717, 1.165) is 16.8 Å². The van der Waals surface area contributed by atoms with Gasteiger partial charge in [-0.2, -0.15) is 0 Å². The average Bonchev–Trinajstić information content (AvgIpc) is 3.38. The second kappa shape index (κ2) is 10.2. The number of hydrogen-bond acceptors (Lipinski definition) is 8. The van der Waals surface area contributed by atoms with Crippen LogP contribution in [0.15, 0.2) is 46.7 Å². The van der Waals surface area contributed by atoms with Crippen molar-refractivity contribution in [1.82, 2.24) is 4.98 Å². The number of esters is 2. The summed E-state index contributed by atoms with van der Waals surface area (Å²) in [7, 11) is 0. The van der Waals surface area contributed by atoms with E-state index in [1.165, 1.54) is 0 Å². The molecule has 172 valence electrons. The maximum atomic E-state index is 11.6. The number of nitrogens with one attached hydrogen (secondary N) is 1. The zero-order valence-electron chi connectivity index (χ0n) is 18.7. The van der Waals surface area contributed by atoms with E-state index in [-0.39, 0.29) is 11.9 Å². The van der Waals surface area contributed by atoms with E-state index < -0.39 is 0 Å². The molecule has 0 fully saturated rings. The first-order valence-corrected chi connectivity index (χ1v) is 11.0. The van der Waals surface area contributed by atoms with Crippen molar-refractivity contribution >= 4 is 34.8 Å². The number of aryl methyl sites for hydroxylation is 2. The maximum absolute atomic E-state index is 11.6. The average molecular weight is 450 g/mol. The third kappa shape index (κ3) is 5.71. The van der Waals surface area contributed by atoms with E-state index in [0.29, 0.717) is 67.5 Å². The maximum Gasteiger partial charge on any atom is 0.306 e. The quantitative estimate of drug-likeness (QED) is 0.471. The molecule has 4 rings (SSSR count). The van der Waals surface area contributed by atoms with Gasteiger partial charge in [-0.05, 0) is 62.1 Å². The van der Waals surface area contributed by atoms with Crippen molar-refractivity contribution in [1.29, 1.82) is 0 Å². The Bertz CT molecular complexity index is 1200. The van der Waals surface area contributed by atoms with E-state index in [9.17, 15) is 9.59 Å². The lowest BCUT2D eigenvalue weighted by molar-refractivity contribution is -0.144. The van der Waals surface area contributed by atoms with Crippen LogP contribution in [-0.4, -0.2) is 30.1 Å². The van der Waals surface area contributed by atoms with Crippen molar-refractivity contribution in [2.75, 3.05) is 18.5 Å². The third-order valence-electron chi connectivity index (χ3n) is 5.09. The van der Waals surface area contributed by atoms with Gasteiger partial charge in [0.1, 0.15) is 5.52 Å². The third-order valence-corrected chi connectivity index (χ3v) is 5.09. The smallest absolute Gasteiger partial charge is 0.306 e. The number of carbonyl (C=O) groups excluding carboxylic acids is 2. The van der Waals surface area contributed by atoms with Crippen molar-refractivity contribution in [3.8, 4) is 5.75 Å². The zero-order valence-corrected chi connectivity index (χ0v) is 18.7. The van der Waals surface area contributed by atoms with Gasteiger partial charge in [0.2, 0.25) is 11.8 Å². The Morgan fingerprint density at radius 3 is 2.33 bits per heavy atom. The summed E-state index contributed by atoms with van der Waals surface area (Å²) in [5, 5.41) is 3.21. The van der Waals surface area contributed by atoms with Gasteiger partial charge >= 0.3 is 11.9 Å². The van der Waals surface area contributed by atoms with E-state index >= 15 is 0 Å². The highest BCUT2D eigenvalue weighted by atomic mass is 16.5. The normalized spacial score (nSPS) is 13.5. The highest BCUT2D eigenvalue weighted by Gasteiger charge is 2.18. The van der Waals surface area contributed by atoms with Gasteiger partial charge < -0.3 is 23.9 Å². The SMILES string of the molecule is CCOC(=O)CCc1ccc2c(c1)N/C(=C\c1nc3cc(CCC(=O)OCC)ccc3o1)O2. The van der Waals surface area contributed by atoms with Crippen molar-refractivity contribution in [2.45, 2.75) is 39.5 Å². The van der Waals surface area contributed by atoms with Crippen LogP contribution in [0.2, 0.25) is 0 Å². The molecule has 0 radical (unpaired) electrons. The molecule has 0 unspecified atom stereocenters. The number of oxazole rings is 1. The van der Waals surface area contributed by atoms with Crippen molar-refractivity contribution in [2.24, 2.45) is 0 Å². The molecule has 2 aromatic carbocycles. The Kier molecular flexibility index (Phi) is 6.92. The lowest BCUT2D eigenvalue weighted by atomic mass is 10.1. The molecule has 3 aromatic rings. The van der Waals surface area contributed by atoms with Gasteiger partial charge in [-0.25, -0.2) is 4.98 Å². The van der Waals surface area contributed by atoms with Crippen LogP contribution < -0.4 is 10.1 Å². The Morgan fingerprint density at radius 2 is 1.64 bits per heavy atom. The number of aromatic nitrogens is 1. The van der Waals surface area contributed by atoms with Crippen LogP contribution in [-0.2, 0) is 31.9 Å². The largest absolute Gasteiger partial charge is 0.466 e. The summed E-state index contributed by atoms with van der Waals surface area (Å²) in [6.45, 7) is 4.36. The van der Waals surface area contributed by atoms with Gasteiger partial charge in [-0.1, -0.05) is 12.1 Å². The van der Waals surface area contributed by atoms with Gasteiger partial charge in [0.15, 0.2) is 11.3 Å². The molecule has 0 spiro atoms. The summed E-state index contributed by atoms with van der Waals surface area (Å²) in [5.41, 5.74) is 4.18. The Morgan fingerprint density at radius 1 is 0.970 bits per heavy atom. The first kappa shape index (κ1) is 22.4. The fraction of sp³-hybridized carbons (Fsp3) is 0.320. The Hall–Kier alpha value is -3.81. The van der Waals surface area contributed by atoms with Crippen molar-refractivity contribution in [3.63, 3.8) is 0 Å². The van der Waals surface area contributed by atoms with Gasteiger partial charge in [0.05, 0.1) is 25.0 Å².